The Morgan fingerprint density at radius 2 is 0.889 bits per heavy atom. The van der Waals surface area contributed by atoms with Crippen molar-refractivity contribution in [3.05, 3.63) is 152 Å². The smallest absolute Gasteiger partial charge is 0.135 e. The zero-order valence-corrected chi connectivity index (χ0v) is 25.0. The van der Waals surface area contributed by atoms with Gasteiger partial charge in [0.05, 0.1) is 11.0 Å². The van der Waals surface area contributed by atoms with E-state index in [0.717, 1.165) is 27.6 Å². The van der Waals surface area contributed by atoms with Gasteiger partial charge in [0.15, 0.2) is 0 Å². The highest BCUT2D eigenvalue weighted by Gasteiger charge is 2.15. The molecular formula is C42H25NOS. The molecule has 3 aromatic heterocycles. The van der Waals surface area contributed by atoms with Crippen molar-refractivity contribution in [2.45, 2.75) is 0 Å². The fourth-order valence-electron chi connectivity index (χ4n) is 7.05. The topological polar surface area (TPSA) is 18.1 Å². The Bertz CT molecular complexity index is 2710. The molecule has 0 radical (unpaired) electrons. The van der Waals surface area contributed by atoms with Gasteiger partial charge in [-0.1, -0.05) is 84.9 Å². The number of furan rings is 1. The summed E-state index contributed by atoms with van der Waals surface area (Å²) < 4.78 is 11.3. The molecule has 0 amide bonds. The molecule has 0 saturated heterocycles. The molecule has 7 aromatic carbocycles. The second kappa shape index (κ2) is 9.43. The van der Waals surface area contributed by atoms with Crippen molar-refractivity contribution in [3.63, 3.8) is 0 Å². The molecule has 0 spiro atoms. The molecular weight excluding hydrogens is 567 g/mol. The minimum absolute atomic E-state index is 0.902. The van der Waals surface area contributed by atoms with E-state index in [9.17, 15) is 0 Å². The van der Waals surface area contributed by atoms with Gasteiger partial charge in [-0.2, -0.15) is 0 Å². The zero-order chi connectivity index (χ0) is 29.5. The van der Waals surface area contributed by atoms with E-state index >= 15 is 0 Å². The first-order chi connectivity index (χ1) is 22.3. The van der Waals surface area contributed by atoms with Crippen molar-refractivity contribution >= 4 is 75.3 Å². The molecule has 10 aromatic rings. The van der Waals surface area contributed by atoms with Crippen LogP contribution in [0.15, 0.2) is 156 Å². The normalized spacial score (nSPS) is 12.0. The molecule has 0 bridgehead atoms. The van der Waals surface area contributed by atoms with Crippen molar-refractivity contribution in [2.75, 3.05) is 0 Å². The first-order valence-electron chi connectivity index (χ1n) is 15.3. The van der Waals surface area contributed by atoms with Crippen LogP contribution in [0.5, 0.6) is 0 Å². The Balaban J connectivity index is 1.14. The molecule has 3 heterocycles. The summed E-state index contributed by atoms with van der Waals surface area (Å²) in [4.78, 5) is 0. The first kappa shape index (κ1) is 24.8. The van der Waals surface area contributed by atoms with Gasteiger partial charge in [-0.05, 0) is 89.0 Å². The fraction of sp³-hybridized carbons (Fsp3) is 0. The standard InChI is InChI=1S/C42H25NOS/c1-2-8-26(9-3-1)27-15-20-41-35(23-27)36-24-29(16-21-42(36)45-41)28-14-18-39-33(22-28)34-25-30(17-19-40(34)44-39)43-37-12-6-4-10-31(37)32-11-5-7-13-38(32)43/h1-25H. The van der Waals surface area contributed by atoms with Gasteiger partial charge in [-0.3, -0.25) is 0 Å². The second-order valence-corrected chi connectivity index (χ2v) is 12.8. The lowest BCUT2D eigenvalue weighted by atomic mass is 9.99. The van der Waals surface area contributed by atoms with Gasteiger partial charge >= 0.3 is 0 Å². The predicted octanol–water partition coefficient (Wildman–Crippen LogP) is 12.4. The summed E-state index contributed by atoms with van der Waals surface area (Å²) in [7, 11) is 0. The molecule has 0 aliphatic carbocycles. The van der Waals surface area contributed by atoms with Gasteiger partial charge in [0, 0.05) is 47.4 Å². The van der Waals surface area contributed by atoms with E-state index in [1.165, 1.54) is 64.2 Å². The van der Waals surface area contributed by atoms with E-state index in [1.807, 2.05) is 11.3 Å². The summed E-state index contributed by atoms with van der Waals surface area (Å²) in [6.07, 6.45) is 0. The zero-order valence-electron chi connectivity index (χ0n) is 24.2. The lowest BCUT2D eigenvalue weighted by Crippen LogP contribution is -1.93. The van der Waals surface area contributed by atoms with E-state index < -0.39 is 0 Å². The number of rotatable bonds is 3. The highest BCUT2D eigenvalue weighted by atomic mass is 32.1. The molecule has 0 aliphatic rings. The van der Waals surface area contributed by atoms with Gasteiger partial charge in [-0.25, -0.2) is 0 Å². The van der Waals surface area contributed by atoms with Crippen LogP contribution in [0.4, 0.5) is 0 Å². The van der Waals surface area contributed by atoms with Crippen LogP contribution in [0, 0.1) is 0 Å². The Morgan fingerprint density at radius 1 is 0.378 bits per heavy atom. The van der Waals surface area contributed by atoms with Crippen molar-refractivity contribution in [2.24, 2.45) is 0 Å². The van der Waals surface area contributed by atoms with Crippen LogP contribution < -0.4 is 0 Å². The summed E-state index contributed by atoms with van der Waals surface area (Å²) >= 11 is 1.86. The monoisotopic (exact) mass is 591 g/mol. The Morgan fingerprint density at radius 3 is 1.56 bits per heavy atom. The lowest BCUT2D eigenvalue weighted by molar-refractivity contribution is 0.669. The van der Waals surface area contributed by atoms with Gasteiger partial charge < -0.3 is 8.98 Å². The maximum absolute atomic E-state index is 6.35. The average molecular weight is 592 g/mol. The van der Waals surface area contributed by atoms with E-state index in [1.54, 1.807) is 0 Å². The van der Waals surface area contributed by atoms with Crippen molar-refractivity contribution in [1.29, 1.82) is 0 Å². The average Bonchev–Trinajstić information content (AvgIpc) is 3.77. The third-order valence-corrected chi connectivity index (χ3v) is 10.4. The minimum atomic E-state index is 0.902. The molecule has 3 heteroatoms. The summed E-state index contributed by atoms with van der Waals surface area (Å²) in [6, 6.07) is 54.8. The Labute approximate surface area is 263 Å². The third-order valence-electron chi connectivity index (χ3n) is 9.20. The highest BCUT2D eigenvalue weighted by Crippen LogP contribution is 2.40. The minimum Gasteiger partial charge on any atom is -0.456 e. The number of para-hydroxylation sites is 2. The van der Waals surface area contributed by atoms with Gasteiger partial charge in [0.2, 0.25) is 0 Å². The van der Waals surface area contributed by atoms with Gasteiger partial charge in [0.25, 0.3) is 0 Å². The van der Waals surface area contributed by atoms with Gasteiger partial charge in [0.1, 0.15) is 11.2 Å². The van der Waals surface area contributed by atoms with E-state index in [2.05, 4.69) is 156 Å². The van der Waals surface area contributed by atoms with Crippen molar-refractivity contribution < 1.29 is 4.42 Å². The third kappa shape index (κ3) is 3.75. The van der Waals surface area contributed by atoms with Crippen LogP contribution >= 0.6 is 11.3 Å². The molecule has 2 nitrogen and oxygen atoms in total. The number of hydrogen-bond acceptors (Lipinski definition) is 2. The number of aromatic nitrogens is 1. The quantitative estimate of drug-likeness (QED) is 0.200. The molecule has 45 heavy (non-hydrogen) atoms. The number of fused-ring (bicyclic) bond motifs is 9. The fourth-order valence-corrected chi connectivity index (χ4v) is 8.12. The molecule has 0 N–H and O–H groups in total. The van der Waals surface area contributed by atoms with Crippen LogP contribution in [-0.2, 0) is 0 Å². The summed E-state index contributed by atoms with van der Waals surface area (Å²) in [5.41, 5.74) is 10.2. The number of hydrogen-bond donors (Lipinski definition) is 0. The molecule has 210 valence electrons. The van der Waals surface area contributed by atoms with Crippen molar-refractivity contribution in [1.82, 2.24) is 4.57 Å². The number of nitrogens with zero attached hydrogens (tertiary/aromatic N) is 1. The predicted molar refractivity (Wildman–Crippen MR) is 192 cm³/mol. The van der Waals surface area contributed by atoms with E-state index in [4.69, 9.17) is 4.42 Å². The number of benzene rings is 7. The van der Waals surface area contributed by atoms with Crippen LogP contribution in [0.1, 0.15) is 0 Å². The molecule has 0 saturated carbocycles. The molecule has 0 aliphatic heterocycles. The summed E-state index contributed by atoms with van der Waals surface area (Å²) in [5.74, 6) is 0. The SMILES string of the molecule is c1ccc(-c2ccc3sc4ccc(-c5ccc6oc7ccc(-n8c9ccccc9c9ccccc98)cc7c6c5)cc4c3c2)cc1. The Kier molecular flexibility index (Phi) is 5.19. The van der Waals surface area contributed by atoms with Crippen LogP contribution in [-0.4, -0.2) is 4.57 Å². The van der Waals surface area contributed by atoms with E-state index in [0.29, 0.717) is 0 Å². The summed E-state index contributed by atoms with van der Waals surface area (Å²) in [6.45, 7) is 0. The maximum atomic E-state index is 6.35. The van der Waals surface area contributed by atoms with Crippen LogP contribution in [0.25, 0.3) is 91.9 Å². The largest absolute Gasteiger partial charge is 0.456 e. The molecule has 0 unspecified atom stereocenters. The van der Waals surface area contributed by atoms with Crippen molar-refractivity contribution in [3.8, 4) is 27.9 Å². The molecule has 0 fully saturated rings. The van der Waals surface area contributed by atoms with E-state index in [-0.39, 0.29) is 0 Å². The lowest BCUT2D eigenvalue weighted by Gasteiger charge is -2.08. The first-order valence-corrected chi connectivity index (χ1v) is 16.1. The maximum Gasteiger partial charge on any atom is 0.135 e. The van der Waals surface area contributed by atoms with Gasteiger partial charge in [-0.15, -0.1) is 11.3 Å². The molecule has 10 rings (SSSR count). The highest BCUT2D eigenvalue weighted by molar-refractivity contribution is 7.25. The summed E-state index contributed by atoms with van der Waals surface area (Å²) in [5, 5.41) is 7.40. The number of thiophene rings is 1. The Hall–Kier alpha value is -5.64. The van der Waals surface area contributed by atoms with Crippen LogP contribution in [0.2, 0.25) is 0 Å². The second-order valence-electron chi connectivity index (χ2n) is 11.8. The molecule has 0 atom stereocenters. The van der Waals surface area contributed by atoms with Crippen LogP contribution in [0.3, 0.4) is 0 Å².